The quantitative estimate of drug-likeness (QED) is 0.266. The second-order valence-corrected chi connectivity index (χ2v) is 17.4. The number of ketones is 1. The van der Waals surface area contributed by atoms with Gasteiger partial charge in [0.15, 0.2) is 17.0 Å². The number of carbonyl (C=O) groups excluding carboxylic acids is 3. The van der Waals surface area contributed by atoms with Crippen LogP contribution in [0, 0.1) is 35.0 Å². The molecule has 1 amide bonds. The Kier molecular flexibility index (Phi) is 9.77. The van der Waals surface area contributed by atoms with Crippen LogP contribution in [0.5, 0.6) is 0 Å². The normalized spacial score (nSPS) is 37.7. The van der Waals surface area contributed by atoms with Gasteiger partial charge in [0.05, 0.1) is 25.1 Å². The fraction of sp³-hybridized carbons (Fsp3) is 0.744. The molecule has 0 spiro atoms. The average molecular weight is 735 g/mol. The van der Waals surface area contributed by atoms with Crippen LogP contribution >= 0.6 is 0 Å². The highest BCUT2D eigenvalue weighted by molar-refractivity contribution is 5.86. The number of hydrogen-bond acceptors (Lipinski definition) is 12. The van der Waals surface area contributed by atoms with Crippen molar-refractivity contribution in [2.75, 3.05) is 50.7 Å². The van der Waals surface area contributed by atoms with Crippen molar-refractivity contribution < 1.29 is 29.3 Å². The van der Waals surface area contributed by atoms with Crippen molar-refractivity contribution in [1.82, 2.24) is 29.3 Å². The average Bonchev–Trinajstić information content (AvgIpc) is 3.85. The summed E-state index contributed by atoms with van der Waals surface area (Å²) >= 11 is 0. The summed E-state index contributed by atoms with van der Waals surface area (Å²) in [5.74, 6) is 0.413. The molecule has 2 aromatic heterocycles. The molecule has 0 radical (unpaired) electrons. The molecular formula is C39H58N8O6. The molecule has 290 valence electrons. The summed E-state index contributed by atoms with van der Waals surface area (Å²) in [6.45, 7) is 17.7. The minimum absolute atomic E-state index is 0.0297. The van der Waals surface area contributed by atoms with Crippen molar-refractivity contribution in [1.29, 1.82) is 0 Å². The number of aliphatic hydroxyl groups excluding tert-OH is 2. The zero-order chi connectivity index (χ0) is 38.1. The number of anilines is 1. The third-order valence-electron chi connectivity index (χ3n) is 14.5. The number of aromatic nitrogens is 4. The second kappa shape index (κ2) is 13.7. The summed E-state index contributed by atoms with van der Waals surface area (Å²) in [6, 6.07) is 0.111. The number of carbonyl (C=O) groups is 3. The molecule has 0 aromatic carbocycles. The van der Waals surface area contributed by atoms with E-state index in [4.69, 9.17) is 10.5 Å². The molecule has 4 N–H and O–H groups in total. The minimum atomic E-state index is -1.09. The Morgan fingerprint density at radius 2 is 1.83 bits per heavy atom. The lowest BCUT2D eigenvalue weighted by atomic mass is 9.42. The van der Waals surface area contributed by atoms with Gasteiger partial charge >= 0.3 is 5.97 Å². The van der Waals surface area contributed by atoms with E-state index in [0.29, 0.717) is 76.3 Å². The molecule has 53 heavy (non-hydrogen) atoms. The number of piperazine rings is 1. The number of imidazole rings is 1. The van der Waals surface area contributed by atoms with Gasteiger partial charge in [-0.1, -0.05) is 26.8 Å². The number of amides is 1. The number of aryl methyl sites for hydroxylation is 2. The Labute approximate surface area is 312 Å². The molecule has 5 fully saturated rings. The summed E-state index contributed by atoms with van der Waals surface area (Å²) in [6.07, 6.45) is 5.26. The molecule has 4 heterocycles. The molecule has 7 rings (SSSR count). The molecule has 2 saturated heterocycles. The highest BCUT2D eigenvalue weighted by atomic mass is 16.6. The first-order chi connectivity index (χ1) is 25.0. The van der Waals surface area contributed by atoms with Crippen LogP contribution in [-0.2, 0) is 25.7 Å². The third kappa shape index (κ3) is 6.17. The van der Waals surface area contributed by atoms with Crippen LogP contribution in [-0.4, -0.2) is 127 Å². The number of Topliss-reactive ketones (excluding diaryl/α,β-unsaturated/α-hetero) is 1. The number of rotatable bonds is 8. The lowest BCUT2D eigenvalue weighted by Crippen LogP contribution is -2.69. The smallest absolute Gasteiger partial charge is 0.320 e. The summed E-state index contributed by atoms with van der Waals surface area (Å²) in [4.78, 5) is 60.7. The largest absolute Gasteiger partial charge is 0.458 e. The summed E-state index contributed by atoms with van der Waals surface area (Å²) in [5.41, 5.74) is 4.17. The van der Waals surface area contributed by atoms with Crippen LogP contribution in [0.4, 0.5) is 5.82 Å². The van der Waals surface area contributed by atoms with E-state index in [0.717, 1.165) is 30.8 Å². The lowest BCUT2D eigenvalue weighted by Gasteiger charge is -2.64. The zero-order valence-electron chi connectivity index (χ0n) is 32.1. The van der Waals surface area contributed by atoms with Gasteiger partial charge in [0, 0.05) is 81.4 Å². The monoisotopic (exact) mass is 734 g/mol. The van der Waals surface area contributed by atoms with Gasteiger partial charge in [-0.05, 0) is 57.3 Å². The van der Waals surface area contributed by atoms with Crippen LogP contribution in [0.3, 0.4) is 0 Å². The van der Waals surface area contributed by atoms with E-state index in [1.807, 2.05) is 49.0 Å². The van der Waals surface area contributed by atoms with E-state index in [1.165, 1.54) is 0 Å². The maximum atomic E-state index is 13.7. The molecule has 5 aliphatic rings. The van der Waals surface area contributed by atoms with Crippen molar-refractivity contribution in [3.63, 3.8) is 0 Å². The van der Waals surface area contributed by atoms with Gasteiger partial charge in [-0.2, -0.15) is 0 Å². The van der Waals surface area contributed by atoms with Crippen molar-refractivity contribution >= 4 is 34.6 Å². The molecule has 9 atom stereocenters. The molecule has 14 heteroatoms. The van der Waals surface area contributed by atoms with Crippen molar-refractivity contribution in [3.8, 4) is 0 Å². The highest BCUT2D eigenvalue weighted by Gasteiger charge is 2.72. The number of fused-ring (bicyclic) bond motifs is 1. The molecule has 3 aliphatic carbocycles. The summed E-state index contributed by atoms with van der Waals surface area (Å²) in [7, 11) is 0. The Hall–Kier alpha value is -3.46. The van der Waals surface area contributed by atoms with Crippen LogP contribution < -0.4 is 10.6 Å². The summed E-state index contributed by atoms with van der Waals surface area (Å²) in [5, 5.41) is 23.6. The van der Waals surface area contributed by atoms with Crippen LogP contribution in [0.15, 0.2) is 19.0 Å². The van der Waals surface area contributed by atoms with E-state index in [1.54, 1.807) is 12.4 Å². The first-order valence-electron chi connectivity index (χ1n) is 19.5. The Morgan fingerprint density at radius 1 is 1.09 bits per heavy atom. The fourth-order valence-corrected chi connectivity index (χ4v) is 10.9. The SMILES string of the molecule is C=CC1(C)CC(O)C2(C)C3C(=O)CCC3(CCC2(C)OC(=O)CN2CCN(C(=O)CCn3cnc4c(N5CCC(N)C5)nc(C)nc43)CC2)C(C)C1O. The van der Waals surface area contributed by atoms with Gasteiger partial charge in [-0.3, -0.25) is 19.3 Å². The fourth-order valence-electron chi connectivity index (χ4n) is 10.9. The van der Waals surface area contributed by atoms with E-state index in [2.05, 4.69) is 26.4 Å². The van der Waals surface area contributed by atoms with Crippen LogP contribution in [0.25, 0.3) is 11.2 Å². The van der Waals surface area contributed by atoms with E-state index in [-0.39, 0.29) is 36.6 Å². The van der Waals surface area contributed by atoms with Gasteiger partial charge in [0.2, 0.25) is 5.91 Å². The predicted octanol–water partition coefficient (Wildman–Crippen LogP) is 2.23. The van der Waals surface area contributed by atoms with Crippen molar-refractivity contribution in [2.45, 2.75) is 110 Å². The molecule has 2 aromatic rings. The maximum absolute atomic E-state index is 13.7. The van der Waals surface area contributed by atoms with E-state index < -0.39 is 45.9 Å². The molecule has 2 bridgehead atoms. The van der Waals surface area contributed by atoms with Gasteiger partial charge in [0.1, 0.15) is 17.2 Å². The van der Waals surface area contributed by atoms with Crippen molar-refractivity contribution in [2.24, 2.45) is 33.8 Å². The Morgan fingerprint density at radius 3 is 2.51 bits per heavy atom. The predicted molar refractivity (Wildman–Crippen MR) is 199 cm³/mol. The molecule has 9 unspecified atom stereocenters. The second-order valence-electron chi connectivity index (χ2n) is 17.4. The Bertz CT molecular complexity index is 1780. The number of aliphatic hydroxyl groups is 2. The highest BCUT2D eigenvalue weighted by Crippen LogP contribution is 2.69. The molecule has 14 nitrogen and oxygen atoms in total. The third-order valence-corrected chi connectivity index (χ3v) is 14.5. The van der Waals surface area contributed by atoms with E-state index >= 15 is 0 Å². The minimum Gasteiger partial charge on any atom is -0.458 e. The van der Waals surface area contributed by atoms with Gasteiger partial charge in [0.25, 0.3) is 0 Å². The number of esters is 1. The maximum Gasteiger partial charge on any atom is 0.320 e. The van der Waals surface area contributed by atoms with Crippen LogP contribution in [0.2, 0.25) is 0 Å². The van der Waals surface area contributed by atoms with Gasteiger partial charge in [-0.25, -0.2) is 15.0 Å². The topological polar surface area (TPSA) is 180 Å². The number of hydrogen-bond donors (Lipinski definition) is 3. The van der Waals surface area contributed by atoms with Crippen molar-refractivity contribution in [3.05, 3.63) is 24.8 Å². The van der Waals surface area contributed by atoms with Crippen LogP contribution in [0.1, 0.15) is 78.5 Å². The molecular weight excluding hydrogens is 676 g/mol. The number of ether oxygens (including phenoxy) is 1. The molecule has 2 aliphatic heterocycles. The number of nitrogens with zero attached hydrogens (tertiary/aromatic N) is 7. The lowest BCUT2D eigenvalue weighted by molar-refractivity contribution is -0.252. The zero-order valence-corrected chi connectivity index (χ0v) is 32.1. The first kappa shape index (κ1) is 37.8. The van der Waals surface area contributed by atoms with Gasteiger partial charge < -0.3 is 35.1 Å². The Balaban J connectivity index is 0.972. The number of nitrogens with two attached hydrogens (primary N) is 1. The van der Waals surface area contributed by atoms with E-state index in [9.17, 15) is 24.6 Å². The summed E-state index contributed by atoms with van der Waals surface area (Å²) < 4.78 is 8.32. The standard InChI is InChI=1S/C39H58N8O6/c1-7-36(4)20-28(49)38(6)32-27(48)8-11-39(32,24(2)33(36)52)13-12-37(38,5)53-30(51)22-44-16-18-45(19-17-44)29(50)10-15-47-23-41-31-34(42-25(3)43-35(31)47)46-14-9-26(40)21-46/h7,23-24,26,28,32-33,49,52H,1,8-22,40H2,2-6H3. The molecule has 3 saturated carbocycles. The van der Waals surface area contributed by atoms with Gasteiger partial charge in [-0.15, -0.1) is 6.58 Å². The first-order valence-corrected chi connectivity index (χ1v) is 19.5.